The van der Waals surface area contributed by atoms with Crippen LogP contribution in [0.5, 0.6) is 0 Å². The summed E-state index contributed by atoms with van der Waals surface area (Å²) in [4.78, 5) is 26.8. The monoisotopic (exact) mass is 364 g/mol. The third-order valence-corrected chi connectivity index (χ3v) is 5.30. The first-order chi connectivity index (χ1) is 13.0. The van der Waals surface area contributed by atoms with E-state index in [1.807, 2.05) is 44.4 Å². The molecule has 1 N–H and O–H groups in total. The molecule has 4 nitrogen and oxygen atoms in total. The fraction of sp³-hybridized carbons (Fsp3) is 0.391. The fourth-order valence-electron chi connectivity index (χ4n) is 3.69. The molecule has 0 saturated heterocycles. The highest BCUT2D eigenvalue weighted by atomic mass is 16.2. The van der Waals surface area contributed by atoms with Gasteiger partial charge in [0.15, 0.2) is 5.78 Å². The van der Waals surface area contributed by atoms with Crippen LogP contribution in [0.2, 0.25) is 0 Å². The molecule has 1 amide bonds. The van der Waals surface area contributed by atoms with Crippen LogP contribution in [0.1, 0.15) is 52.4 Å². The van der Waals surface area contributed by atoms with E-state index in [4.69, 9.17) is 0 Å². The van der Waals surface area contributed by atoms with E-state index in [0.717, 1.165) is 24.0 Å². The van der Waals surface area contributed by atoms with E-state index in [0.29, 0.717) is 6.54 Å². The van der Waals surface area contributed by atoms with Crippen LogP contribution < -0.4 is 5.32 Å². The van der Waals surface area contributed by atoms with Gasteiger partial charge >= 0.3 is 0 Å². The number of fused-ring (bicyclic) bond motifs is 1. The summed E-state index contributed by atoms with van der Waals surface area (Å²) >= 11 is 0. The van der Waals surface area contributed by atoms with Crippen molar-refractivity contribution in [3.63, 3.8) is 0 Å². The Morgan fingerprint density at radius 2 is 1.74 bits per heavy atom. The van der Waals surface area contributed by atoms with Crippen molar-refractivity contribution in [2.45, 2.75) is 38.1 Å². The molecule has 0 heterocycles. The van der Waals surface area contributed by atoms with Gasteiger partial charge in [-0.05, 0) is 56.1 Å². The molecule has 1 aliphatic carbocycles. The number of rotatable bonds is 8. The number of carbonyl (C=O) groups is 2. The molecule has 0 radical (unpaired) electrons. The van der Waals surface area contributed by atoms with E-state index >= 15 is 0 Å². The number of amides is 1. The van der Waals surface area contributed by atoms with Crippen molar-refractivity contribution in [3.8, 4) is 0 Å². The standard InChI is InChI=1S/C23H28N2O2/c1-25(2)21(18-7-4-3-5-8-18)16-24-23(27)14-13-22(26)20-12-11-17-9-6-10-19(17)15-20/h3-5,7-8,11-12,15,21H,6,9-10,13-14,16H2,1-2H3,(H,24,27). The second-order valence-corrected chi connectivity index (χ2v) is 7.45. The van der Waals surface area contributed by atoms with Crippen LogP contribution in [-0.4, -0.2) is 37.2 Å². The number of hydrogen-bond acceptors (Lipinski definition) is 3. The molecule has 1 aliphatic rings. The maximum absolute atomic E-state index is 12.4. The van der Waals surface area contributed by atoms with Crippen molar-refractivity contribution in [2.24, 2.45) is 0 Å². The number of likely N-dealkylation sites (N-methyl/N-ethyl adjacent to an activating group) is 1. The van der Waals surface area contributed by atoms with Crippen molar-refractivity contribution in [2.75, 3.05) is 20.6 Å². The minimum atomic E-state index is -0.0766. The molecular weight excluding hydrogens is 336 g/mol. The lowest BCUT2D eigenvalue weighted by atomic mass is 10.0. The summed E-state index contributed by atoms with van der Waals surface area (Å²) in [6, 6.07) is 16.2. The highest BCUT2D eigenvalue weighted by Crippen LogP contribution is 2.23. The molecule has 2 aromatic rings. The molecule has 2 aromatic carbocycles. The van der Waals surface area contributed by atoms with Crippen LogP contribution in [0.4, 0.5) is 0 Å². The minimum absolute atomic E-state index is 0.0482. The topological polar surface area (TPSA) is 49.4 Å². The predicted octanol–water partition coefficient (Wildman–Crippen LogP) is 3.56. The molecule has 3 rings (SSSR count). The van der Waals surface area contributed by atoms with Gasteiger partial charge in [-0.1, -0.05) is 42.5 Å². The largest absolute Gasteiger partial charge is 0.354 e. The lowest BCUT2D eigenvalue weighted by Gasteiger charge is -2.25. The van der Waals surface area contributed by atoms with Gasteiger partial charge in [-0.3, -0.25) is 9.59 Å². The van der Waals surface area contributed by atoms with E-state index in [1.165, 1.54) is 17.5 Å². The smallest absolute Gasteiger partial charge is 0.220 e. The van der Waals surface area contributed by atoms with Gasteiger partial charge in [0.05, 0.1) is 6.04 Å². The second-order valence-electron chi connectivity index (χ2n) is 7.45. The van der Waals surface area contributed by atoms with Crippen LogP contribution in [0.15, 0.2) is 48.5 Å². The number of carbonyl (C=O) groups excluding carboxylic acids is 2. The third-order valence-electron chi connectivity index (χ3n) is 5.30. The summed E-state index contributed by atoms with van der Waals surface area (Å²) in [6.45, 7) is 0.531. The summed E-state index contributed by atoms with van der Waals surface area (Å²) in [5.41, 5.74) is 4.55. The summed E-state index contributed by atoms with van der Waals surface area (Å²) < 4.78 is 0. The minimum Gasteiger partial charge on any atom is -0.354 e. The highest BCUT2D eigenvalue weighted by Gasteiger charge is 2.17. The van der Waals surface area contributed by atoms with Crippen molar-refractivity contribution in [1.29, 1.82) is 0 Å². The van der Waals surface area contributed by atoms with E-state index in [1.54, 1.807) is 0 Å². The molecule has 0 bridgehead atoms. The first-order valence-corrected chi connectivity index (χ1v) is 9.67. The van der Waals surface area contributed by atoms with Crippen molar-refractivity contribution < 1.29 is 9.59 Å². The SMILES string of the molecule is CN(C)C(CNC(=O)CCC(=O)c1ccc2c(c1)CCC2)c1ccccc1. The Kier molecular flexibility index (Phi) is 6.40. The Morgan fingerprint density at radius 1 is 1.00 bits per heavy atom. The van der Waals surface area contributed by atoms with Crippen LogP contribution in [0.25, 0.3) is 0 Å². The maximum Gasteiger partial charge on any atom is 0.220 e. The molecule has 0 spiro atoms. The van der Waals surface area contributed by atoms with E-state index in [9.17, 15) is 9.59 Å². The van der Waals surface area contributed by atoms with Gasteiger partial charge in [0.2, 0.25) is 5.91 Å². The van der Waals surface area contributed by atoms with Gasteiger partial charge in [-0.2, -0.15) is 0 Å². The van der Waals surface area contributed by atoms with E-state index in [2.05, 4.69) is 28.4 Å². The Bertz CT molecular complexity index is 799. The highest BCUT2D eigenvalue weighted by molar-refractivity contribution is 5.98. The Balaban J connectivity index is 1.49. The number of ketones is 1. The van der Waals surface area contributed by atoms with Gasteiger partial charge in [0, 0.05) is 24.9 Å². The number of nitrogens with zero attached hydrogens (tertiary/aromatic N) is 1. The molecule has 27 heavy (non-hydrogen) atoms. The maximum atomic E-state index is 12.4. The van der Waals surface area contributed by atoms with Crippen molar-refractivity contribution >= 4 is 11.7 Å². The molecule has 0 aliphatic heterocycles. The summed E-state index contributed by atoms with van der Waals surface area (Å²) in [7, 11) is 4.00. The van der Waals surface area contributed by atoms with Crippen LogP contribution in [0.3, 0.4) is 0 Å². The molecule has 1 atom stereocenters. The lowest BCUT2D eigenvalue weighted by Crippen LogP contribution is -2.34. The number of aryl methyl sites for hydroxylation is 2. The third kappa shape index (κ3) is 5.04. The molecule has 1 unspecified atom stereocenters. The molecule has 0 fully saturated rings. The zero-order chi connectivity index (χ0) is 19.2. The van der Waals surface area contributed by atoms with E-state index in [-0.39, 0.29) is 30.6 Å². The van der Waals surface area contributed by atoms with Crippen LogP contribution in [-0.2, 0) is 17.6 Å². The van der Waals surface area contributed by atoms with Gasteiger partial charge in [0.1, 0.15) is 0 Å². The van der Waals surface area contributed by atoms with Gasteiger partial charge in [-0.15, -0.1) is 0 Å². The molecule has 4 heteroatoms. The summed E-state index contributed by atoms with van der Waals surface area (Å²) in [5, 5.41) is 2.98. The zero-order valence-electron chi connectivity index (χ0n) is 16.2. The number of hydrogen-bond donors (Lipinski definition) is 1. The normalized spacial score (nSPS) is 14.0. The van der Waals surface area contributed by atoms with E-state index < -0.39 is 0 Å². The molecule has 0 aromatic heterocycles. The summed E-state index contributed by atoms with van der Waals surface area (Å²) in [6.07, 6.45) is 3.82. The molecule has 0 saturated carbocycles. The van der Waals surface area contributed by atoms with Gasteiger partial charge < -0.3 is 10.2 Å². The second kappa shape index (κ2) is 8.96. The quantitative estimate of drug-likeness (QED) is 0.729. The predicted molar refractivity (Wildman–Crippen MR) is 108 cm³/mol. The first kappa shape index (κ1) is 19.3. The zero-order valence-corrected chi connectivity index (χ0v) is 16.2. The lowest BCUT2D eigenvalue weighted by molar-refractivity contribution is -0.121. The van der Waals surface area contributed by atoms with Gasteiger partial charge in [0.25, 0.3) is 0 Å². The number of nitrogens with one attached hydrogen (secondary N) is 1. The first-order valence-electron chi connectivity index (χ1n) is 9.67. The van der Waals surface area contributed by atoms with Crippen molar-refractivity contribution in [3.05, 3.63) is 70.8 Å². The Hall–Kier alpha value is -2.46. The summed E-state index contributed by atoms with van der Waals surface area (Å²) in [5.74, 6) is -0.0284. The average Bonchev–Trinajstić information content (AvgIpc) is 3.14. The fourth-order valence-corrected chi connectivity index (χ4v) is 3.69. The van der Waals surface area contributed by atoms with Crippen LogP contribution >= 0.6 is 0 Å². The Labute approximate surface area is 161 Å². The Morgan fingerprint density at radius 3 is 2.48 bits per heavy atom. The molecular formula is C23H28N2O2. The van der Waals surface area contributed by atoms with Crippen molar-refractivity contribution in [1.82, 2.24) is 10.2 Å². The van der Waals surface area contributed by atoms with Gasteiger partial charge in [-0.25, -0.2) is 0 Å². The number of Topliss-reactive ketones (excluding diaryl/α,β-unsaturated/α-hetero) is 1. The van der Waals surface area contributed by atoms with Crippen LogP contribution in [0, 0.1) is 0 Å². The average molecular weight is 364 g/mol. The molecule has 142 valence electrons. The number of benzene rings is 2.